The van der Waals surface area contributed by atoms with Gasteiger partial charge >= 0.3 is 0 Å². The molecular weight excluding hydrogens is 232 g/mol. The molecule has 1 fully saturated rings. The fourth-order valence-electron chi connectivity index (χ4n) is 2.63. The number of nitrogens with zero attached hydrogens (tertiary/aromatic N) is 2. The van der Waals surface area contributed by atoms with Crippen LogP contribution < -0.4 is 0 Å². The molecule has 0 bridgehead atoms. The summed E-state index contributed by atoms with van der Waals surface area (Å²) in [6.07, 6.45) is 4.38. The Kier molecular flexibility index (Phi) is 4.54. The largest absolute Gasteiger partial charge is 0.396 e. The molecule has 1 aromatic heterocycles. The molecule has 0 aliphatic carbocycles. The highest BCUT2D eigenvalue weighted by Crippen LogP contribution is 2.24. The molecule has 3 nitrogen and oxygen atoms in total. The Morgan fingerprint density at radius 3 is 3.12 bits per heavy atom. The van der Waals surface area contributed by atoms with Crippen LogP contribution >= 0.6 is 11.3 Å². The molecule has 1 N–H and O–H groups in total. The van der Waals surface area contributed by atoms with Crippen LogP contribution in [0.3, 0.4) is 0 Å². The van der Waals surface area contributed by atoms with Gasteiger partial charge in [-0.3, -0.25) is 4.90 Å². The van der Waals surface area contributed by atoms with E-state index in [9.17, 15) is 0 Å². The smallest absolute Gasteiger partial charge is 0.0943 e. The van der Waals surface area contributed by atoms with Gasteiger partial charge in [-0.1, -0.05) is 0 Å². The molecular formula is C13H22N2OS. The third-order valence-corrected chi connectivity index (χ3v) is 4.38. The predicted molar refractivity (Wildman–Crippen MR) is 71.5 cm³/mol. The molecule has 1 aliphatic rings. The molecule has 2 heterocycles. The Labute approximate surface area is 107 Å². The van der Waals surface area contributed by atoms with Gasteiger partial charge < -0.3 is 5.11 Å². The topological polar surface area (TPSA) is 36.4 Å². The van der Waals surface area contributed by atoms with E-state index in [0.29, 0.717) is 18.5 Å². The lowest BCUT2D eigenvalue weighted by atomic mass is 10.1. The maximum absolute atomic E-state index is 8.88. The van der Waals surface area contributed by atoms with Crippen LogP contribution in [0.25, 0.3) is 0 Å². The average molecular weight is 254 g/mol. The first-order valence-corrected chi connectivity index (χ1v) is 7.38. The van der Waals surface area contributed by atoms with Gasteiger partial charge in [0.15, 0.2) is 0 Å². The minimum atomic E-state index is 0.199. The van der Waals surface area contributed by atoms with Gasteiger partial charge in [-0.05, 0) is 33.2 Å². The molecule has 0 radical (unpaired) electrons. The van der Waals surface area contributed by atoms with E-state index in [0.717, 1.165) is 12.1 Å². The SMILES string of the molecule is CC(C)N1CCCC1Cc1nc(CCO)cs1. The normalized spacial score (nSPS) is 21.5. The molecule has 1 atom stereocenters. The van der Waals surface area contributed by atoms with Gasteiger partial charge in [0.1, 0.15) is 0 Å². The summed E-state index contributed by atoms with van der Waals surface area (Å²) in [6, 6.07) is 1.31. The molecule has 17 heavy (non-hydrogen) atoms. The molecule has 1 saturated heterocycles. The van der Waals surface area contributed by atoms with Gasteiger partial charge in [0.2, 0.25) is 0 Å². The van der Waals surface area contributed by atoms with Crippen LogP contribution in [-0.4, -0.2) is 40.2 Å². The zero-order valence-electron chi connectivity index (χ0n) is 10.7. The monoisotopic (exact) mass is 254 g/mol. The van der Waals surface area contributed by atoms with Crippen molar-refractivity contribution in [2.24, 2.45) is 0 Å². The summed E-state index contributed by atoms with van der Waals surface area (Å²) in [4.78, 5) is 7.18. The maximum atomic E-state index is 8.88. The van der Waals surface area contributed by atoms with Crippen molar-refractivity contribution in [3.63, 3.8) is 0 Å². The molecule has 0 saturated carbocycles. The van der Waals surface area contributed by atoms with Gasteiger partial charge in [-0.2, -0.15) is 0 Å². The van der Waals surface area contributed by atoms with E-state index >= 15 is 0 Å². The molecule has 0 aromatic carbocycles. The van der Waals surface area contributed by atoms with E-state index in [1.54, 1.807) is 11.3 Å². The Hall–Kier alpha value is -0.450. The molecule has 96 valence electrons. The third-order valence-electron chi connectivity index (χ3n) is 3.46. The van der Waals surface area contributed by atoms with Gasteiger partial charge in [-0.15, -0.1) is 11.3 Å². The third kappa shape index (κ3) is 3.27. The second kappa shape index (κ2) is 5.94. The highest BCUT2D eigenvalue weighted by Gasteiger charge is 2.27. The fraction of sp³-hybridized carbons (Fsp3) is 0.769. The molecule has 1 aliphatic heterocycles. The second-order valence-corrected chi connectivity index (χ2v) is 5.98. The Balaban J connectivity index is 1.95. The summed E-state index contributed by atoms with van der Waals surface area (Å²) in [5, 5.41) is 12.2. The first-order chi connectivity index (χ1) is 8.20. The standard InChI is InChI=1S/C13H22N2OS/c1-10(2)15-6-3-4-12(15)8-13-14-11(5-7-16)9-17-13/h9-10,12,16H,3-8H2,1-2H3. The number of likely N-dealkylation sites (tertiary alicyclic amines) is 1. The van der Waals surface area contributed by atoms with Gasteiger partial charge in [0.05, 0.1) is 10.7 Å². The summed E-state index contributed by atoms with van der Waals surface area (Å²) in [6.45, 7) is 5.98. The zero-order valence-corrected chi connectivity index (χ0v) is 11.5. The molecule has 4 heteroatoms. The lowest BCUT2D eigenvalue weighted by Crippen LogP contribution is -2.36. The van der Waals surface area contributed by atoms with Crippen molar-refractivity contribution < 1.29 is 5.11 Å². The highest BCUT2D eigenvalue weighted by atomic mass is 32.1. The summed E-state index contributed by atoms with van der Waals surface area (Å²) in [5.41, 5.74) is 1.04. The predicted octanol–water partition coefficient (Wildman–Crippen LogP) is 2.09. The Morgan fingerprint density at radius 2 is 2.41 bits per heavy atom. The summed E-state index contributed by atoms with van der Waals surface area (Å²) in [5.74, 6) is 0. The van der Waals surface area contributed by atoms with E-state index in [-0.39, 0.29) is 6.61 Å². The summed E-state index contributed by atoms with van der Waals surface area (Å²) >= 11 is 1.74. The maximum Gasteiger partial charge on any atom is 0.0943 e. The second-order valence-electron chi connectivity index (χ2n) is 5.04. The molecule has 1 unspecified atom stereocenters. The van der Waals surface area contributed by atoms with Gasteiger partial charge in [0.25, 0.3) is 0 Å². The number of aliphatic hydroxyl groups excluding tert-OH is 1. The van der Waals surface area contributed by atoms with E-state index in [1.807, 2.05) is 0 Å². The number of rotatable bonds is 5. The van der Waals surface area contributed by atoms with Crippen molar-refractivity contribution in [3.05, 3.63) is 16.1 Å². The first-order valence-electron chi connectivity index (χ1n) is 6.50. The lowest BCUT2D eigenvalue weighted by Gasteiger charge is -2.27. The van der Waals surface area contributed by atoms with E-state index in [4.69, 9.17) is 5.11 Å². The number of aromatic nitrogens is 1. The number of aliphatic hydroxyl groups is 1. The quantitative estimate of drug-likeness (QED) is 0.874. The molecule has 0 spiro atoms. The number of thiazole rings is 1. The van der Waals surface area contributed by atoms with Crippen LogP contribution in [-0.2, 0) is 12.8 Å². The minimum Gasteiger partial charge on any atom is -0.396 e. The van der Waals surface area contributed by atoms with Crippen molar-refractivity contribution >= 4 is 11.3 Å². The van der Waals surface area contributed by atoms with Crippen molar-refractivity contribution in [1.29, 1.82) is 0 Å². The van der Waals surface area contributed by atoms with Crippen molar-refractivity contribution in [2.75, 3.05) is 13.2 Å². The zero-order chi connectivity index (χ0) is 12.3. The van der Waals surface area contributed by atoms with E-state index in [2.05, 4.69) is 29.1 Å². The molecule has 0 amide bonds. The van der Waals surface area contributed by atoms with E-state index in [1.165, 1.54) is 24.4 Å². The summed E-state index contributed by atoms with van der Waals surface area (Å²) in [7, 11) is 0. The van der Waals surface area contributed by atoms with Crippen molar-refractivity contribution in [2.45, 2.75) is 51.6 Å². The van der Waals surface area contributed by atoms with Crippen LogP contribution in [0.1, 0.15) is 37.4 Å². The highest BCUT2D eigenvalue weighted by molar-refractivity contribution is 7.09. The van der Waals surface area contributed by atoms with Crippen LogP contribution in [0.4, 0.5) is 0 Å². The lowest BCUT2D eigenvalue weighted by molar-refractivity contribution is 0.202. The van der Waals surface area contributed by atoms with Crippen molar-refractivity contribution in [3.8, 4) is 0 Å². The van der Waals surface area contributed by atoms with Crippen LogP contribution in [0.15, 0.2) is 5.38 Å². The van der Waals surface area contributed by atoms with Crippen molar-refractivity contribution in [1.82, 2.24) is 9.88 Å². The molecule has 1 aromatic rings. The Bertz CT molecular complexity index is 351. The first kappa shape index (κ1) is 13.0. The average Bonchev–Trinajstić information content (AvgIpc) is 2.89. The summed E-state index contributed by atoms with van der Waals surface area (Å²) < 4.78 is 0. The van der Waals surface area contributed by atoms with Gasteiger partial charge in [0, 0.05) is 36.9 Å². The van der Waals surface area contributed by atoms with Gasteiger partial charge in [-0.25, -0.2) is 4.98 Å². The van der Waals surface area contributed by atoms with Crippen LogP contribution in [0, 0.1) is 0 Å². The van der Waals surface area contributed by atoms with Crippen LogP contribution in [0.2, 0.25) is 0 Å². The Morgan fingerprint density at radius 1 is 1.59 bits per heavy atom. The number of hydrogen-bond donors (Lipinski definition) is 1. The minimum absolute atomic E-state index is 0.199. The molecule has 2 rings (SSSR count). The number of hydrogen-bond acceptors (Lipinski definition) is 4. The fourth-order valence-corrected chi connectivity index (χ4v) is 3.53. The van der Waals surface area contributed by atoms with Crippen LogP contribution in [0.5, 0.6) is 0 Å². The van der Waals surface area contributed by atoms with E-state index < -0.39 is 0 Å².